The number of ether oxygens (including phenoxy) is 1. The molecule has 0 fully saturated rings. The Morgan fingerprint density at radius 2 is 1.91 bits per heavy atom. The lowest BCUT2D eigenvalue weighted by molar-refractivity contribution is -0.160. The molecule has 1 aromatic rings. The SMILES string of the molecule is CN(C)CCCC(Cc1cccc(CO)c1)C(=O)OC(C)(C)C. The molecule has 0 heterocycles. The van der Waals surface area contributed by atoms with E-state index >= 15 is 0 Å². The lowest BCUT2D eigenvalue weighted by Crippen LogP contribution is -2.30. The molecule has 1 aromatic carbocycles. The number of esters is 1. The zero-order chi connectivity index (χ0) is 17.5. The van der Waals surface area contributed by atoms with Gasteiger partial charge in [0.15, 0.2) is 0 Å². The fourth-order valence-electron chi connectivity index (χ4n) is 2.48. The maximum absolute atomic E-state index is 12.5. The Balaban J connectivity index is 2.78. The summed E-state index contributed by atoms with van der Waals surface area (Å²) in [6, 6.07) is 7.77. The fourth-order valence-corrected chi connectivity index (χ4v) is 2.48. The predicted molar refractivity (Wildman–Crippen MR) is 93.2 cm³/mol. The average Bonchev–Trinajstić information content (AvgIpc) is 2.44. The summed E-state index contributed by atoms with van der Waals surface area (Å²) >= 11 is 0. The number of rotatable bonds is 8. The largest absolute Gasteiger partial charge is 0.460 e. The number of nitrogens with zero attached hydrogens (tertiary/aromatic N) is 1. The molecule has 0 aromatic heterocycles. The van der Waals surface area contributed by atoms with E-state index in [9.17, 15) is 9.90 Å². The standard InChI is InChI=1S/C19H31NO3/c1-19(2,3)23-18(22)17(10-7-11-20(4)5)13-15-8-6-9-16(12-15)14-21/h6,8-9,12,17,21H,7,10-11,13-14H2,1-5H3. The van der Waals surface area contributed by atoms with Crippen LogP contribution in [0.4, 0.5) is 0 Å². The van der Waals surface area contributed by atoms with Crippen molar-refractivity contribution < 1.29 is 14.6 Å². The summed E-state index contributed by atoms with van der Waals surface area (Å²) in [6.45, 7) is 6.66. The van der Waals surface area contributed by atoms with Crippen LogP contribution in [-0.2, 0) is 22.6 Å². The van der Waals surface area contributed by atoms with Crippen LogP contribution in [0.25, 0.3) is 0 Å². The minimum absolute atomic E-state index is 0.0194. The molecule has 1 unspecified atom stereocenters. The van der Waals surface area contributed by atoms with Gasteiger partial charge in [0.05, 0.1) is 12.5 Å². The Kier molecular flexibility index (Phi) is 7.73. The van der Waals surface area contributed by atoms with Crippen molar-refractivity contribution in [1.82, 2.24) is 4.90 Å². The Labute approximate surface area is 140 Å². The molecule has 4 nitrogen and oxygen atoms in total. The minimum Gasteiger partial charge on any atom is -0.460 e. The van der Waals surface area contributed by atoms with Crippen molar-refractivity contribution in [3.63, 3.8) is 0 Å². The summed E-state index contributed by atoms with van der Waals surface area (Å²) in [5.41, 5.74) is 1.47. The second-order valence-electron chi connectivity index (χ2n) is 7.36. The van der Waals surface area contributed by atoms with Gasteiger partial charge in [0.2, 0.25) is 0 Å². The second-order valence-corrected chi connectivity index (χ2v) is 7.36. The highest BCUT2D eigenvalue weighted by Crippen LogP contribution is 2.20. The van der Waals surface area contributed by atoms with Gasteiger partial charge < -0.3 is 14.7 Å². The van der Waals surface area contributed by atoms with Crippen molar-refractivity contribution >= 4 is 5.97 Å². The Bertz CT molecular complexity index is 492. The third kappa shape index (κ3) is 8.14. The second kappa shape index (κ2) is 9.04. The van der Waals surface area contributed by atoms with E-state index in [1.54, 1.807) is 0 Å². The van der Waals surface area contributed by atoms with Crippen LogP contribution < -0.4 is 0 Å². The first kappa shape index (κ1) is 19.7. The van der Waals surface area contributed by atoms with Crippen molar-refractivity contribution in [2.24, 2.45) is 5.92 Å². The van der Waals surface area contributed by atoms with Gasteiger partial charge in [-0.05, 0) is 71.8 Å². The van der Waals surface area contributed by atoms with Crippen LogP contribution in [-0.4, -0.2) is 42.2 Å². The van der Waals surface area contributed by atoms with E-state index < -0.39 is 5.60 Å². The Morgan fingerprint density at radius 3 is 2.48 bits per heavy atom. The van der Waals surface area contributed by atoms with E-state index in [1.165, 1.54) is 0 Å². The minimum atomic E-state index is -0.468. The van der Waals surface area contributed by atoms with Crippen LogP contribution >= 0.6 is 0 Å². The van der Waals surface area contributed by atoms with Crippen LogP contribution in [0.5, 0.6) is 0 Å². The van der Waals surface area contributed by atoms with Gasteiger partial charge in [-0.3, -0.25) is 4.79 Å². The molecule has 1 rings (SSSR count). The molecule has 23 heavy (non-hydrogen) atoms. The molecular weight excluding hydrogens is 290 g/mol. The first-order valence-electron chi connectivity index (χ1n) is 8.27. The molecule has 0 spiro atoms. The number of benzene rings is 1. The Hall–Kier alpha value is -1.39. The molecule has 0 aliphatic carbocycles. The summed E-state index contributed by atoms with van der Waals surface area (Å²) in [5, 5.41) is 9.26. The first-order valence-corrected chi connectivity index (χ1v) is 8.27. The molecule has 4 heteroatoms. The quantitative estimate of drug-likeness (QED) is 0.748. The number of hydrogen-bond acceptors (Lipinski definition) is 4. The molecule has 130 valence electrons. The van der Waals surface area contributed by atoms with E-state index in [-0.39, 0.29) is 18.5 Å². The zero-order valence-electron chi connectivity index (χ0n) is 15.1. The van der Waals surface area contributed by atoms with Crippen molar-refractivity contribution in [2.45, 2.75) is 52.2 Å². The van der Waals surface area contributed by atoms with E-state index in [2.05, 4.69) is 4.90 Å². The molecule has 0 saturated heterocycles. The van der Waals surface area contributed by atoms with Crippen molar-refractivity contribution in [3.8, 4) is 0 Å². The molecule has 0 aliphatic heterocycles. The topological polar surface area (TPSA) is 49.8 Å². The summed E-state index contributed by atoms with van der Waals surface area (Å²) in [7, 11) is 4.07. The van der Waals surface area contributed by atoms with Crippen molar-refractivity contribution in [1.29, 1.82) is 0 Å². The van der Waals surface area contributed by atoms with Crippen LogP contribution in [0, 0.1) is 5.92 Å². The molecule has 1 atom stereocenters. The molecule has 0 radical (unpaired) electrons. The van der Waals surface area contributed by atoms with Gasteiger partial charge in [-0.1, -0.05) is 24.3 Å². The van der Waals surface area contributed by atoms with Crippen LogP contribution in [0.2, 0.25) is 0 Å². The van der Waals surface area contributed by atoms with Gasteiger partial charge in [-0.25, -0.2) is 0 Å². The normalized spacial score (nSPS) is 13.2. The highest BCUT2D eigenvalue weighted by atomic mass is 16.6. The maximum atomic E-state index is 12.5. The average molecular weight is 321 g/mol. The lowest BCUT2D eigenvalue weighted by atomic mass is 9.93. The highest BCUT2D eigenvalue weighted by Gasteiger charge is 2.25. The predicted octanol–water partition coefficient (Wildman–Crippen LogP) is 3.02. The van der Waals surface area contributed by atoms with Gasteiger partial charge in [0, 0.05) is 0 Å². The van der Waals surface area contributed by atoms with Gasteiger partial charge in [-0.15, -0.1) is 0 Å². The smallest absolute Gasteiger partial charge is 0.309 e. The molecule has 0 bridgehead atoms. The van der Waals surface area contributed by atoms with Crippen LogP contribution in [0.15, 0.2) is 24.3 Å². The summed E-state index contributed by atoms with van der Waals surface area (Å²) in [5.74, 6) is -0.284. The summed E-state index contributed by atoms with van der Waals surface area (Å²) < 4.78 is 5.58. The van der Waals surface area contributed by atoms with Gasteiger partial charge >= 0.3 is 5.97 Å². The maximum Gasteiger partial charge on any atom is 0.309 e. The van der Waals surface area contributed by atoms with E-state index in [0.717, 1.165) is 30.5 Å². The number of hydrogen-bond donors (Lipinski definition) is 1. The number of aliphatic hydroxyl groups excluding tert-OH is 1. The van der Waals surface area contributed by atoms with Crippen LogP contribution in [0.3, 0.4) is 0 Å². The monoisotopic (exact) mass is 321 g/mol. The number of carbonyl (C=O) groups excluding carboxylic acids is 1. The third-order valence-corrected chi connectivity index (χ3v) is 3.55. The fraction of sp³-hybridized carbons (Fsp3) is 0.632. The van der Waals surface area contributed by atoms with Crippen molar-refractivity contribution in [3.05, 3.63) is 35.4 Å². The number of aliphatic hydroxyl groups is 1. The van der Waals surface area contributed by atoms with Crippen molar-refractivity contribution in [2.75, 3.05) is 20.6 Å². The summed E-state index contributed by atoms with van der Waals surface area (Å²) in [6.07, 6.45) is 2.41. The number of carbonyl (C=O) groups is 1. The zero-order valence-corrected chi connectivity index (χ0v) is 15.1. The molecule has 1 N–H and O–H groups in total. The van der Waals surface area contributed by atoms with E-state index in [0.29, 0.717) is 6.42 Å². The first-order chi connectivity index (χ1) is 10.7. The van der Waals surface area contributed by atoms with Gasteiger partial charge in [0.25, 0.3) is 0 Å². The van der Waals surface area contributed by atoms with Gasteiger partial charge in [0.1, 0.15) is 5.60 Å². The van der Waals surface area contributed by atoms with Crippen LogP contribution in [0.1, 0.15) is 44.7 Å². The molecule has 0 saturated carbocycles. The lowest BCUT2D eigenvalue weighted by Gasteiger charge is -2.24. The van der Waals surface area contributed by atoms with E-state index in [1.807, 2.05) is 59.1 Å². The highest BCUT2D eigenvalue weighted by molar-refractivity contribution is 5.73. The van der Waals surface area contributed by atoms with Gasteiger partial charge in [-0.2, -0.15) is 0 Å². The molecule has 0 aliphatic rings. The molecular formula is C19H31NO3. The molecule has 0 amide bonds. The third-order valence-electron chi connectivity index (χ3n) is 3.55. The van der Waals surface area contributed by atoms with E-state index in [4.69, 9.17) is 4.74 Å². The summed E-state index contributed by atoms with van der Waals surface area (Å²) in [4.78, 5) is 14.6. The Morgan fingerprint density at radius 1 is 1.26 bits per heavy atom.